The van der Waals surface area contributed by atoms with Crippen LogP contribution < -0.4 is 11.1 Å². The maximum atomic E-state index is 11.6. The molecule has 0 spiro atoms. The molecule has 1 aromatic rings. The maximum absolute atomic E-state index is 11.6. The summed E-state index contributed by atoms with van der Waals surface area (Å²) in [5, 5.41) is 9.16. The van der Waals surface area contributed by atoms with E-state index < -0.39 is 0 Å². The van der Waals surface area contributed by atoms with E-state index in [1.807, 2.05) is 6.92 Å². The summed E-state index contributed by atoms with van der Waals surface area (Å²) in [6.07, 6.45) is 2.95. The quantitative estimate of drug-likeness (QED) is 0.680. The Morgan fingerprint density at radius 1 is 1.75 bits per heavy atom. The normalized spacial score (nSPS) is 12.1. The number of nitrogens with zero attached hydrogens (tertiary/aromatic N) is 1. The summed E-state index contributed by atoms with van der Waals surface area (Å²) in [6.45, 7) is 4.08. The summed E-state index contributed by atoms with van der Waals surface area (Å²) in [4.78, 5) is 11.8. The Morgan fingerprint density at radius 3 is 3.00 bits per heavy atom. The predicted octanol–water partition coefficient (Wildman–Crippen LogP) is 1.42. The van der Waals surface area contributed by atoms with E-state index >= 15 is 0 Å². The molecular formula is C10H16N4OS. The highest BCUT2D eigenvalue weighted by atomic mass is 32.1. The van der Waals surface area contributed by atoms with Crippen LogP contribution in [0.25, 0.3) is 0 Å². The molecule has 1 atom stereocenters. The second-order valence-corrected chi connectivity index (χ2v) is 4.23. The maximum Gasteiger partial charge on any atom is 0.225 e. The minimum Gasteiger partial charge on any atom is -0.389 e. The lowest BCUT2D eigenvalue weighted by Crippen LogP contribution is -2.18. The van der Waals surface area contributed by atoms with Gasteiger partial charge in [0.05, 0.1) is 11.8 Å². The Labute approximate surface area is 99.8 Å². The molecule has 0 bridgehead atoms. The first-order chi connectivity index (χ1) is 7.54. The van der Waals surface area contributed by atoms with Gasteiger partial charge in [-0.25, -0.2) is 0 Å². The highest BCUT2D eigenvalue weighted by Crippen LogP contribution is 2.13. The highest BCUT2D eigenvalue weighted by molar-refractivity contribution is 7.80. The van der Waals surface area contributed by atoms with Crippen LogP contribution in [0, 0.1) is 5.92 Å². The molecule has 0 aliphatic heterocycles. The number of H-pyrrole nitrogens is 1. The largest absolute Gasteiger partial charge is 0.389 e. The van der Waals surface area contributed by atoms with Gasteiger partial charge >= 0.3 is 0 Å². The summed E-state index contributed by atoms with van der Waals surface area (Å²) < 4.78 is 0. The molecule has 16 heavy (non-hydrogen) atoms. The molecule has 0 fully saturated rings. The lowest BCUT2D eigenvalue weighted by Gasteiger charge is -2.08. The number of aromatic amines is 1. The van der Waals surface area contributed by atoms with E-state index in [9.17, 15) is 4.79 Å². The van der Waals surface area contributed by atoms with Crippen molar-refractivity contribution < 1.29 is 4.79 Å². The van der Waals surface area contributed by atoms with Crippen molar-refractivity contribution >= 4 is 28.9 Å². The average molecular weight is 240 g/mol. The fourth-order valence-electron chi connectivity index (χ4n) is 1.22. The SMILES string of the molecule is CCC(C)CC(=O)Nc1[nH]ncc1C(N)=S. The molecule has 0 aliphatic rings. The molecule has 0 aromatic carbocycles. The van der Waals surface area contributed by atoms with Gasteiger partial charge in [0, 0.05) is 6.42 Å². The molecule has 0 aliphatic carbocycles. The van der Waals surface area contributed by atoms with Crippen molar-refractivity contribution in [3.63, 3.8) is 0 Å². The van der Waals surface area contributed by atoms with Crippen LogP contribution in [0.5, 0.6) is 0 Å². The number of hydrogen-bond donors (Lipinski definition) is 3. The van der Waals surface area contributed by atoms with E-state index in [0.29, 0.717) is 23.7 Å². The van der Waals surface area contributed by atoms with Crippen molar-refractivity contribution in [2.75, 3.05) is 5.32 Å². The minimum atomic E-state index is -0.0592. The van der Waals surface area contributed by atoms with Crippen molar-refractivity contribution in [1.29, 1.82) is 0 Å². The second-order valence-electron chi connectivity index (χ2n) is 3.79. The monoisotopic (exact) mass is 240 g/mol. The Hall–Kier alpha value is -1.43. The summed E-state index contributed by atoms with van der Waals surface area (Å²) in [5.74, 6) is 0.771. The Morgan fingerprint density at radius 2 is 2.44 bits per heavy atom. The van der Waals surface area contributed by atoms with Gasteiger partial charge in [-0.3, -0.25) is 9.89 Å². The van der Waals surface area contributed by atoms with E-state index in [-0.39, 0.29) is 10.9 Å². The van der Waals surface area contributed by atoms with Crippen molar-refractivity contribution in [1.82, 2.24) is 10.2 Å². The summed E-state index contributed by atoms with van der Waals surface area (Å²) in [7, 11) is 0. The van der Waals surface area contributed by atoms with Gasteiger partial charge < -0.3 is 11.1 Å². The van der Waals surface area contributed by atoms with E-state index in [0.717, 1.165) is 6.42 Å². The van der Waals surface area contributed by atoms with Crippen LogP contribution in [-0.2, 0) is 4.79 Å². The van der Waals surface area contributed by atoms with Crippen LogP contribution in [0.3, 0.4) is 0 Å². The lowest BCUT2D eigenvalue weighted by molar-refractivity contribution is -0.117. The lowest BCUT2D eigenvalue weighted by atomic mass is 10.1. The van der Waals surface area contributed by atoms with Crippen molar-refractivity contribution in [3.8, 4) is 0 Å². The molecule has 0 radical (unpaired) electrons. The molecule has 1 rings (SSSR count). The molecule has 5 nitrogen and oxygen atoms in total. The number of anilines is 1. The molecule has 88 valence electrons. The van der Waals surface area contributed by atoms with Gasteiger partial charge in [0.1, 0.15) is 10.8 Å². The number of hydrogen-bond acceptors (Lipinski definition) is 3. The predicted molar refractivity (Wildman–Crippen MR) is 67.2 cm³/mol. The fraction of sp³-hybridized carbons (Fsp3) is 0.500. The number of thiocarbonyl (C=S) groups is 1. The van der Waals surface area contributed by atoms with Gasteiger partial charge in [0.2, 0.25) is 5.91 Å². The number of rotatable bonds is 5. The van der Waals surface area contributed by atoms with Crippen molar-refractivity contribution in [3.05, 3.63) is 11.8 Å². The van der Waals surface area contributed by atoms with Crippen LogP contribution in [0.4, 0.5) is 5.82 Å². The third-order valence-electron chi connectivity index (χ3n) is 2.40. The Bertz CT molecular complexity index is 388. The second kappa shape index (κ2) is 5.60. The van der Waals surface area contributed by atoms with Crippen LogP contribution in [0.15, 0.2) is 6.20 Å². The standard InChI is InChI=1S/C10H16N4OS/c1-3-6(2)4-8(15)13-10-7(9(11)16)5-12-14-10/h5-6H,3-4H2,1-2H3,(H2,11,16)(H2,12,13,14,15). The zero-order valence-electron chi connectivity index (χ0n) is 9.41. The third kappa shape index (κ3) is 3.30. The molecule has 0 saturated carbocycles. The number of aromatic nitrogens is 2. The van der Waals surface area contributed by atoms with Gasteiger partial charge in [0.15, 0.2) is 0 Å². The zero-order valence-corrected chi connectivity index (χ0v) is 10.2. The van der Waals surface area contributed by atoms with E-state index in [1.54, 1.807) is 0 Å². The molecule has 0 saturated heterocycles. The van der Waals surface area contributed by atoms with Crippen LogP contribution in [0.1, 0.15) is 32.3 Å². The van der Waals surface area contributed by atoms with E-state index in [2.05, 4.69) is 22.4 Å². The first-order valence-electron chi connectivity index (χ1n) is 5.17. The van der Waals surface area contributed by atoms with Crippen LogP contribution >= 0.6 is 12.2 Å². The molecule has 1 amide bonds. The molecule has 6 heteroatoms. The fourth-order valence-corrected chi connectivity index (χ4v) is 1.37. The molecular weight excluding hydrogens is 224 g/mol. The highest BCUT2D eigenvalue weighted by Gasteiger charge is 2.12. The third-order valence-corrected chi connectivity index (χ3v) is 2.62. The minimum absolute atomic E-state index is 0.0592. The van der Waals surface area contributed by atoms with E-state index in [4.69, 9.17) is 18.0 Å². The number of amides is 1. The van der Waals surface area contributed by atoms with E-state index in [1.165, 1.54) is 6.20 Å². The summed E-state index contributed by atoms with van der Waals surface area (Å²) in [6, 6.07) is 0. The molecule has 1 unspecified atom stereocenters. The number of nitrogens with one attached hydrogen (secondary N) is 2. The summed E-state index contributed by atoms with van der Waals surface area (Å²) >= 11 is 4.83. The van der Waals surface area contributed by atoms with Gasteiger partial charge in [0.25, 0.3) is 0 Å². The Balaban J connectivity index is 2.63. The van der Waals surface area contributed by atoms with Crippen molar-refractivity contribution in [2.45, 2.75) is 26.7 Å². The van der Waals surface area contributed by atoms with Gasteiger partial charge in [-0.1, -0.05) is 32.5 Å². The zero-order chi connectivity index (χ0) is 12.1. The number of nitrogens with two attached hydrogens (primary N) is 1. The molecule has 1 aromatic heterocycles. The Kier molecular flexibility index (Phi) is 4.42. The van der Waals surface area contributed by atoms with Crippen LogP contribution in [0.2, 0.25) is 0 Å². The smallest absolute Gasteiger partial charge is 0.225 e. The first-order valence-corrected chi connectivity index (χ1v) is 5.58. The molecule has 1 heterocycles. The first kappa shape index (κ1) is 12.6. The van der Waals surface area contributed by atoms with Gasteiger partial charge in [-0.2, -0.15) is 5.10 Å². The van der Waals surface area contributed by atoms with Crippen LogP contribution in [-0.4, -0.2) is 21.1 Å². The topological polar surface area (TPSA) is 83.8 Å². The van der Waals surface area contributed by atoms with Crippen molar-refractivity contribution in [2.24, 2.45) is 11.7 Å². The summed E-state index contributed by atoms with van der Waals surface area (Å²) in [5.41, 5.74) is 6.04. The average Bonchev–Trinajstić information content (AvgIpc) is 2.65. The molecule has 4 N–H and O–H groups in total. The van der Waals surface area contributed by atoms with Gasteiger partial charge in [-0.05, 0) is 5.92 Å². The number of carbonyl (C=O) groups is 1. The number of carbonyl (C=O) groups excluding carboxylic acids is 1. The van der Waals surface area contributed by atoms with Gasteiger partial charge in [-0.15, -0.1) is 0 Å².